The van der Waals surface area contributed by atoms with E-state index in [-0.39, 0.29) is 5.69 Å². The number of rotatable bonds is 6. The van der Waals surface area contributed by atoms with Crippen molar-refractivity contribution in [3.05, 3.63) is 11.4 Å². The van der Waals surface area contributed by atoms with Gasteiger partial charge in [0.15, 0.2) is 5.69 Å². The maximum atomic E-state index is 11.0. The molecule has 18 heavy (non-hydrogen) atoms. The van der Waals surface area contributed by atoms with Gasteiger partial charge < -0.3 is 10.0 Å². The van der Waals surface area contributed by atoms with Crippen molar-refractivity contribution in [2.45, 2.75) is 39.2 Å². The average molecular weight is 252 g/mol. The molecule has 1 aliphatic rings. The summed E-state index contributed by atoms with van der Waals surface area (Å²) < 4.78 is 1.74. The summed E-state index contributed by atoms with van der Waals surface area (Å²) in [5, 5.41) is 16.7. The van der Waals surface area contributed by atoms with Crippen molar-refractivity contribution in [3.63, 3.8) is 0 Å². The van der Waals surface area contributed by atoms with Crippen LogP contribution in [0.5, 0.6) is 0 Å². The van der Waals surface area contributed by atoms with Crippen LogP contribution in [0.1, 0.15) is 42.4 Å². The largest absolute Gasteiger partial charge is 0.476 e. The molecule has 0 radical (unpaired) electrons. The summed E-state index contributed by atoms with van der Waals surface area (Å²) in [6.07, 6.45) is 4.24. The first-order valence-electron chi connectivity index (χ1n) is 6.60. The molecule has 1 aromatic heterocycles. The van der Waals surface area contributed by atoms with E-state index < -0.39 is 5.97 Å². The fourth-order valence-corrected chi connectivity index (χ4v) is 2.48. The second kappa shape index (κ2) is 5.95. The third-order valence-electron chi connectivity index (χ3n) is 3.42. The zero-order valence-electron chi connectivity index (χ0n) is 10.8. The van der Waals surface area contributed by atoms with Crippen molar-refractivity contribution in [2.24, 2.45) is 0 Å². The van der Waals surface area contributed by atoms with Gasteiger partial charge in [0.2, 0.25) is 0 Å². The summed E-state index contributed by atoms with van der Waals surface area (Å²) in [6.45, 7) is 6.13. The Morgan fingerprint density at radius 3 is 2.67 bits per heavy atom. The topological polar surface area (TPSA) is 71.2 Å². The molecule has 6 nitrogen and oxygen atoms in total. The Morgan fingerprint density at radius 2 is 2.06 bits per heavy atom. The van der Waals surface area contributed by atoms with Crippen LogP contribution in [0, 0.1) is 0 Å². The van der Waals surface area contributed by atoms with Crippen LogP contribution in [0.4, 0.5) is 0 Å². The summed E-state index contributed by atoms with van der Waals surface area (Å²) in [4.78, 5) is 13.4. The van der Waals surface area contributed by atoms with Gasteiger partial charge in [0.25, 0.3) is 0 Å². The Kier molecular flexibility index (Phi) is 4.30. The summed E-state index contributed by atoms with van der Waals surface area (Å²) in [7, 11) is 0. The van der Waals surface area contributed by atoms with Crippen molar-refractivity contribution in [2.75, 3.05) is 19.6 Å². The van der Waals surface area contributed by atoms with Gasteiger partial charge >= 0.3 is 5.97 Å². The molecule has 0 unspecified atom stereocenters. The SMILES string of the molecule is CCc1c(C(=O)O)nnn1CCCN1CCCC1. The van der Waals surface area contributed by atoms with E-state index in [1.165, 1.54) is 25.9 Å². The third kappa shape index (κ3) is 2.87. The number of carboxylic acid groups (broad SMARTS) is 1. The fraction of sp³-hybridized carbons (Fsp3) is 0.750. The molecular weight excluding hydrogens is 232 g/mol. The minimum absolute atomic E-state index is 0.0960. The van der Waals surface area contributed by atoms with Crippen LogP contribution >= 0.6 is 0 Å². The van der Waals surface area contributed by atoms with Crippen molar-refractivity contribution < 1.29 is 9.90 Å². The lowest BCUT2D eigenvalue weighted by Gasteiger charge is -2.14. The van der Waals surface area contributed by atoms with Gasteiger partial charge in [-0.3, -0.25) is 0 Å². The Bertz CT molecular complexity index is 410. The van der Waals surface area contributed by atoms with E-state index in [4.69, 9.17) is 5.11 Å². The predicted octanol–water partition coefficient (Wildman–Crippen LogP) is 1.02. The van der Waals surface area contributed by atoms with E-state index in [2.05, 4.69) is 15.2 Å². The molecule has 0 saturated carbocycles. The number of carbonyl (C=O) groups is 1. The van der Waals surface area contributed by atoms with Crippen LogP contribution in [-0.4, -0.2) is 50.6 Å². The highest BCUT2D eigenvalue weighted by atomic mass is 16.4. The number of carboxylic acids is 1. The first-order chi connectivity index (χ1) is 8.72. The van der Waals surface area contributed by atoms with E-state index in [0.717, 1.165) is 25.2 Å². The highest BCUT2D eigenvalue weighted by Gasteiger charge is 2.17. The highest BCUT2D eigenvalue weighted by molar-refractivity contribution is 5.86. The fourth-order valence-electron chi connectivity index (χ4n) is 2.48. The Morgan fingerprint density at radius 1 is 1.33 bits per heavy atom. The Labute approximate surface area is 107 Å². The number of aryl methyl sites for hydroxylation is 1. The van der Waals surface area contributed by atoms with Gasteiger partial charge in [0.05, 0.1) is 5.69 Å². The molecule has 0 bridgehead atoms. The lowest BCUT2D eigenvalue weighted by atomic mass is 10.2. The lowest BCUT2D eigenvalue weighted by molar-refractivity contribution is 0.0689. The van der Waals surface area contributed by atoms with Gasteiger partial charge in [0, 0.05) is 6.54 Å². The van der Waals surface area contributed by atoms with Crippen molar-refractivity contribution in [3.8, 4) is 0 Å². The normalized spacial score (nSPS) is 16.3. The monoisotopic (exact) mass is 252 g/mol. The molecule has 6 heteroatoms. The quantitative estimate of drug-likeness (QED) is 0.818. The second-order valence-corrected chi connectivity index (χ2v) is 4.67. The van der Waals surface area contributed by atoms with E-state index >= 15 is 0 Å². The molecule has 1 fully saturated rings. The molecule has 100 valence electrons. The molecule has 2 rings (SSSR count). The van der Waals surface area contributed by atoms with Crippen LogP contribution < -0.4 is 0 Å². The molecule has 1 aromatic rings. The molecule has 0 aromatic carbocycles. The summed E-state index contributed by atoms with van der Waals surface area (Å²) in [5.74, 6) is -0.988. The zero-order valence-corrected chi connectivity index (χ0v) is 10.8. The molecule has 0 aliphatic carbocycles. The first kappa shape index (κ1) is 13.0. The molecular formula is C12H20N4O2. The van der Waals surface area contributed by atoms with Crippen LogP contribution in [-0.2, 0) is 13.0 Å². The molecule has 0 spiro atoms. The standard InChI is InChI=1S/C12H20N4O2/c1-2-10-11(12(17)18)13-14-16(10)9-5-8-15-6-3-4-7-15/h2-9H2,1H3,(H,17,18). The average Bonchev–Trinajstić information content (AvgIpc) is 2.97. The van der Waals surface area contributed by atoms with Gasteiger partial charge in [-0.15, -0.1) is 5.10 Å². The first-order valence-corrected chi connectivity index (χ1v) is 6.60. The molecule has 1 aliphatic heterocycles. The zero-order chi connectivity index (χ0) is 13.0. The highest BCUT2D eigenvalue weighted by Crippen LogP contribution is 2.10. The van der Waals surface area contributed by atoms with Crippen molar-refractivity contribution >= 4 is 5.97 Å². The van der Waals surface area contributed by atoms with Crippen LogP contribution in [0.3, 0.4) is 0 Å². The van der Waals surface area contributed by atoms with Crippen molar-refractivity contribution in [1.82, 2.24) is 19.9 Å². The second-order valence-electron chi connectivity index (χ2n) is 4.67. The minimum atomic E-state index is -0.988. The Balaban J connectivity index is 1.90. The van der Waals surface area contributed by atoms with Gasteiger partial charge in [-0.2, -0.15) is 0 Å². The van der Waals surface area contributed by atoms with Gasteiger partial charge in [0.1, 0.15) is 0 Å². The number of aromatic carboxylic acids is 1. The molecule has 0 amide bonds. The molecule has 1 saturated heterocycles. The van der Waals surface area contributed by atoms with E-state index in [1.807, 2.05) is 6.92 Å². The maximum Gasteiger partial charge on any atom is 0.358 e. The van der Waals surface area contributed by atoms with E-state index in [1.54, 1.807) is 4.68 Å². The molecule has 0 atom stereocenters. The summed E-state index contributed by atoms with van der Waals surface area (Å²) >= 11 is 0. The van der Waals surface area contributed by atoms with Crippen LogP contribution in [0.2, 0.25) is 0 Å². The van der Waals surface area contributed by atoms with Crippen LogP contribution in [0.15, 0.2) is 0 Å². The van der Waals surface area contributed by atoms with Gasteiger partial charge in [-0.25, -0.2) is 9.48 Å². The lowest BCUT2D eigenvalue weighted by Crippen LogP contribution is -2.22. The third-order valence-corrected chi connectivity index (χ3v) is 3.42. The van der Waals surface area contributed by atoms with Gasteiger partial charge in [-0.1, -0.05) is 12.1 Å². The number of nitrogens with zero attached hydrogens (tertiary/aromatic N) is 4. The Hall–Kier alpha value is -1.43. The number of hydrogen-bond donors (Lipinski definition) is 1. The minimum Gasteiger partial charge on any atom is -0.476 e. The maximum absolute atomic E-state index is 11.0. The smallest absolute Gasteiger partial charge is 0.358 e. The summed E-state index contributed by atoms with van der Waals surface area (Å²) in [6, 6.07) is 0. The number of hydrogen-bond acceptors (Lipinski definition) is 4. The van der Waals surface area contributed by atoms with E-state index in [0.29, 0.717) is 6.42 Å². The number of aromatic nitrogens is 3. The molecule has 1 N–H and O–H groups in total. The summed E-state index contributed by atoms with van der Waals surface area (Å²) in [5.41, 5.74) is 0.822. The molecule has 2 heterocycles. The van der Waals surface area contributed by atoms with Gasteiger partial charge in [-0.05, 0) is 45.3 Å². The van der Waals surface area contributed by atoms with E-state index in [9.17, 15) is 4.79 Å². The van der Waals surface area contributed by atoms with Crippen LogP contribution in [0.25, 0.3) is 0 Å². The number of likely N-dealkylation sites (tertiary alicyclic amines) is 1. The van der Waals surface area contributed by atoms with Crippen molar-refractivity contribution in [1.29, 1.82) is 0 Å². The predicted molar refractivity (Wildman–Crippen MR) is 66.7 cm³/mol.